The molecule has 1 unspecified atom stereocenters. The van der Waals surface area contributed by atoms with Crippen molar-refractivity contribution in [1.29, 1.82) is 0 Å². The number of carbonyl (C=O) groups is 2. The second kappa shape index (κ2) is 8.31. The highest BCUT2D eigenvalue weighted by Crippen LogP contribution is 2.26. The highest BCUT2D eigenvalue weighted by atomic mass is 32.2. The second-order valence-corrected chi connectivity index (χ2v) is 8.11. The number of nitrogens with zero attached hydrogens (tertiary/aromatic N) is 3. The monoisotopic (exact) mass is 422 g/mol. The van der Waals surface area contributed by atoms with E-state index in [1.807, 2.05) is 13.8 Å². The van der Waals surface area contributed by atoms with Gasteiger partial charge in [0.2, 0.25) is 5.91 Å². The third kappa shape index (κ3) is 3.95. The normalized spacial score (nSPS) is 16.0. The molecule has 7 nitrogen and oxygen atoms in total. The van der Waals surface area contributed by atoms with Gasteiger partial charge < -0.3 is 15.0 Å². The van der Waals surface area contributed by atoms with E-state index >= 15 is 0 Å². The summed E-state index contributed by atoms with van der Waals surface area (Å²) in [7, 11) is 1.59. The van der Waals surface area contributed by atoms with Crippen LogP contribution in [-0.4, -0.2) is 51.5 Å². The van der Waals surface area contributed by atoms with Gasteiger partial charge in [0.1, 0.15) is 11.8 Å². The number of hydrogen-bond donors (Lipinski definition) is 1. The minimum Gasteiger partial charge on any atom is -0.497 e. The third-order valence-corrected chi connectivity index (χ3v) is 6.14. The predicted octanol–water partition coefficient (Wildman–Crippen LogP) is 3.41. The summed E-state index contributed by atoms with van der Waals surface area (Å²) in [6, 6.07) is 11.9. The van der Waals surface area contributed by atoms with Crippen molar-refractivity contribution in [3.8, 4) is 5.75 Å². The Balaban J connectivity index is 1.53. The van der Waals surface area contributed by atoms with Gasteiger partial charge >= 0.3 is 0 Å². The number of methoxy groups -OCH3 is 1. The number of aromatic nitrogens is 2. The molecule has 4 rings (SSSR count). The molecule has 0 spiro atoms. The zero-order valence-corrected chi connectivity index (χ0v) is 17.8. The van der Waals surface area contributed by atoms with Crippen LogP contribution in [0.3, 0.4) is 0 Å². The fourth-order valence-corrected chi connectivity index (χ4v) is 4.44. The highest BCUT2D eigenvalue weighted by Gasteiger charge is 2.35. The van der Waals surface area contributed by atoms with E-state index in [2.05, 4.69) is 15.3 Å². The standard InChI is InChI=1S/C22H22N4O3S/c1-13-14(2)24-19-10-15(4-9-18(19)23-13)22(28)26-12-30-11-20(26)21(27)25-16-5-7-17(29-3)8-6-16/h4-10,20H,11-12H2,1-3H3,(H,25,27). The SMILES string of the molecule is COc1ccc(NC(=O)C2CSCN2C(=O)c2ccc3nc(C)c(C)nc3c2)cc1. The topological polar surface area (TPSA) is 84.4 Å². The maximum atomic E-state index is 13.2. The fraction of sp³-hybridized carbons (Fsp3) is 0.273. The van der Waals surface area contributed by atoms with Crippen molar-refractivity contribution in [3.05, 3.63) is 59.4 Å². The lowest BCUT2D eigenvalue weighted by Crippen LogP contribution is -2.44. The van der Waals surface area contributed by atoms with Crippen molar-refractivity contribution < 1.29 is 14.3 Å². The summed E-state index contributed by atoms with van der Waals surface area (Å²) < 4.78 is 5.14. The molecule has 1 fully saturated rings. The Morgan fingerprint density at radius 2 is 1.77 bits per heavy atom. The Labute approximate surface area is 178 Å². The average Bonchev–Trinajstić information content (AvgIpc) is 3.24. The molecule has 1 aliphatic heterocycles. The summed E-state index contributed by atoms with van der Waals surface area (Å²) in [6.45, 7) is 3.81. The molecule has 0 saturated carbocycles. The molecule has 0 radical (unpaired) electrons. The lowest BCUT2D eigenvalue weighted by molar-refractivity contribution is -0.119. The van der Waals surface area contributed by atoms with Gasteiger partial charge in [0.25, 0.3) is 5.91 Å². The van der Waals surface area contributed by atoms with Gasteiger partial charge in [-0.25, -0.2) is 9.97 Å². The Hall–Kier alpha value is -3.13. The molecule has 2 heterocycles. The van der Waals surface area contributed by atoms with E-state index in [1.165, 1.54) is 0 Å². The molecule has 1 N–H and O–H groups in total. The molecule has 30 heavy (non-hydrogen) atoms. The van der Waals surface area contributed by atoms with Crippen LogP contribution in [0.15, 0.2) is 42.5 Å². The lowest BCUT2D eigenvalue weighted by atomic mass is 10.1. The third-order valence-electron chi connectivity index (χ3n) is 5.13. The number of benzene rings is 2. The van der Waals surface area contributed by atoms with Crippen LogP contribution in [-0.2, 0) is 4.79 Å². The number of aryl methyl sites for hydroxylation is 2. The van der Waals surface area contributed by atoms with Crippen LogP contribution in [0.25, 0.3) is 11.0 Å². The fourth-order valence-electron chi connectivity index (χ4n) is 3.29. The molecule has 0 bridgehead atoms. The summed E-state index contributed by atoms with van der Waals surface area (Å²) in [5, 5.41) is 2.89. The first-order chi connectivity index (χ1) is 14.5. The molecular weight excluding hydrogens is 400 g/mol. The molecule has 1 atom stereocenters. The van der Waals surface area contributed by atoms with Gasteiger partial charge in [0, 0.05) is 17.0 Å². The largest absolute Gasteiger partial charge is 0.497 e. The average molecular weight is 423 g/mol. The van der Waals surface area contributed by atoms with Crippen LogP contribution >= 0.6 is 11.8 Å². The first-order valence-corrected chi connectivity index (χ1v) is 10.7. The Bertz CT molecular complexity index is 1120. The van der Waals surface area contributed by atoms with Crippen LogP contribution in [0, 0.1) is 13.8 Å². The summed E-state index contributed by atoms with van der Waals surface area (Å²) in [4.78, 5) is 36.7. The first kappa shape index (κ1) is 20.2. The summed E-state index contributed by atoms with van der Waals surface area (Å²) >= 11 is 1.56. The van der Waals surface area contributed by atoms with Gasteiger partial charge in [0.15, 0.2) is 0 Å². The molecule has 1 aromatic heterocycles. The van der Waals surface area contributed by atoms with Crippen molar-refractivity contribution in [3.63, 3.8) is 0 Å². The van der Waals surface area contributed by atoms with Crippen LogP contribution in [0.2, 0.25) is 0 Å². The lowest BCUT2D eigenvalue weighted by Gasteiger charge is -2.23. The van der Waals surface area contributed by atoms with Gasteiger partial charge in [0.05, 0.1) is 35.4 Å². The quantitative estimate of drug-likeness (QED) is 0.694. The molecule has 2 amide bonds. The minimum absolute atomic E-state index is 0.184. The van der Waals surface area contributed by atoms with E-state index in [9.17, 15) is 9.59 Å². The van der Waals surface area contributed by atoms with Crippen molar-refractivity contribution in [2.24, 2.45) is 0 Å². The minimum atomic E-state index is -0.536. The number of carbonyl (C=O) groups excluding carboxylic acids is 2. The number of ether oxygens (including phenoxy) is 1. The van der Waals surface area contributed by atoms with Crippen molar-refractivity contribution in [2.75, 3.05) is 24.1 Å². The Kier molecular flexibility index (Phi) is 5.59. The molecule has 3 aromatic rings. The molecule has 8 heteroatoms. The van der Waals surface area contributed by atoms with Crippen LogP contribution < -0.4 is 10.1 Å². The molecule has 2 aromatic carbocycles. The molecule has 1 aliphatic rings. The second-order valence-electron chi connectivity index (χ2n) is 7.11. The zero-order chi connectivity index (χ0) is 21.3. The van der Waals surface area contributed by atoms with Gasteiger partial charge in [-0.1, -0.05) is 0 Å². The van der Waals surface area contributed by atoms with Gasteiger partial charge in [-0.15, -0.1) is 11.8 Å². The van der Waals surface area contributed by atoms with E-state index < -0.39 is 6.04 Å². The van der Waals surface area contributed by atoms with E-state index in [-0.39, 0.29) is 11.8 Å². The maximum Gasteiger partial charge on any atom is 0.255 e. The van der Waals surface area contributed by atoms with Crippen LogP contribution in [0.5, 0.6) is 5.75 Å². The van der Waals surface area contributed by atoms with Crippen molar-refractivity contribution in [2.45, 2.75) is 19.9 Å². The smallest absolute Gasteiger partial charge is 0.255 e. The number of amides is 2. The number of nitrogens with one attached hydrogen (secondary N) is 1. The van der Waals surface area contributed by atoms with E-state index in [4.69, 9.17) is 4.74 Å². The zero-order valence-electron chi connectivity index (χ0n) is 17.0. The Morgan fingerprint density at radius 3 is 2.47 bits per heavy atom. The summed E-state index contributed by atoms with van der Waals surface area (Å²) in [6.07, 6.45) is 0. The number of hydrogen-bond acceptors (Lipinski definition) is 6. The predicted molar refractivity (Wildman–Crippen MR) is 118 cm³/mol. The number of rotatable bonds is 4. The van der Waals surface area contributed by atoms with E-state index in [1.54, 1.807) is 66.2 Å². The van der Waals surface area contributed by atoms with Crippen LogP contribution in [0.4, 0.5) is 5.69 Å². The molecule has 0 aliphatic carbocycles. The number of anilines is 1. The van der Waals surface area contributed by atoms with Gasteiger partial charge in [-0.05, 0) is 56.3 Å². The maximum absolute atomic E-state index is 13.2. The van der Waals surface area contributed by atoms with E-state index in [0.29, 0.717) is 34.1 Å². The van der Waals surface area contributed by atoms with Crippen molar-refractivity contribution >= 4 is 40.3 Å². The van der Waals surface area contributed by atoms with Gasteiger partial charge in [-0.3, -0.25) is 9.59 Å². The molecular formula is C22H22N4O3S. The first-order valence-electron chi connectivity index (χ1n) is 9.55. The summed E-state index contributed by atoms with van der Waals surface area (Å²) in [5.74, 6) is 1.35. The number of fused-ring (bicyclic) bond motifs is 1. The van der Waals surface area contributed by atoms with Crippen LogP contribution in [0.1, 0.15) is 21.7 Å². The van der Waals surface area contributed by atoms with E-state index in [0.717, 1.165) is 16.9 Å². The Morgan fingerprint density at radius 1 is 1.07 bits per heavy atom. The summed E-state index contributed by atoms with van der Waals surface area (Å²) in [5.41, 5.74) is 4.30. The molecule has 154 valence electrons. The number of thioether (sulfide) groups is 1. The van der Waals surface area contributed by atoms with Crippen molar-refractivity contribution in [1.82, 2.24) is 14.9 Å². The molecule has 1 saturated heterocycles. The van der Waals surface area contributed by atoms with Gasteiger partial charge in [-0.2, -0.15) is 0 Å². The highest BCUT2D eigenvalue weighted by molar-refractivity contribution is 7.99.